The fraction of sp³-hybridized carbons (Fsp3) is 0. The minimum absolute atomic E-state index is 0.0133. The van der Waals surface area contributed by atoms with Gasteiger partial charge < -0.3 is 50.8 Å². The first-order valence-corrected chi connectivity index (χ1v) is 20.0. The van der Waals surface area contributed by atoms with Gasteiger partial charge in [0.05, 0.1) is 11.4 Å². The number of aromatic hydroxyl groups is 4. The number of ether oxygens (including phenoxy) is 4. The lowest BCUT2D eigenvalue weighted by Gasteiger charge is -2.15. The monoisotopic (exact) mass is 834 g/mol. The Hall–Kier alpha value is -8.29. The summed E-state index contributed by atoms with van der Waals surface area (Å²) in [6.45, 7) is 0. The maximum Gasteiger partial charge on any atom is 0.213 e. The first kappa shape index (κ1) is 40.9. The molecule has 0 aliphatic heterocycles. The second-order valence-corrected chi connectivity index (χ2v) is 15.1. The topological polar surface area (TPSA) is 204 Å². The van der Waals surface area contributed by atoms with Crippen molar-refractivity contribution in [3.63, 3.8) is 0 Å². The van der Waals surface area contributed by atoms with E-state index in [1.165, 1.54) is 60.7 Å². The molecule has 0 aliphatic carbocycles. The molecule has 0 radical (unpaired) electrons. The summed E-state index contributed by atoms with van der Waals surface area (Å²) in [5, 5.41) is 39.4. The van der Waals surface area contributed by atoms with Gasteiger partial charge in [0, 0.05) is 12.1 Å². The van der Waals surface area contributed by atoms with Gasteiger partial charge in [-0.3, -0.25) is 0 Å². The van der Waals surface area contributed by atoms with Gasteiger partial charge >= 0.3 is 0 Å². The van der Waals surface area contributed by atoms with Crippen molar-refractivity contribution in [2.75, 3.05) is 11.5 Å². The fourth-order valence-corrected chi connectivity index (χ4v) is 7.33. The molecule has 8 N–H and O–H groups in total. The van der Waals surface area contributed by atoms with E-state index in [9.17, 15) is 28.8 Å². The van der Waals surface area contributed by atoms with E-state index in [1.807, 2.05) is 48.5 Å². The number of phenols is 4. The van der Waals surface area contributed by atoms with Crippen molar-refractivity contribution in [3.05, 3.63) is 182 Å². The number of sulfone groups is 1. The molecule has 0 saturated heterocycles. The zero-order valence-electron chi connectivity index (χ0n) is 32.1. The molecule has 61 heavy (non-hydrogen) atoms. The first-order valence-electron chi connectivity index (χ1n) is 18.5. The van der Waals surface area contributed by atoms with Gasteiger partial charge in [-0.15, -0.1) is 0 Å². The number of anilines is 2. The Morgan fingerprint density at radius 3 is 1.03 bits per heavy atom. The Morgan fingerprint density at radius 2 is 0.672 bits per heavy atom. The minimum atomic E-state index is -4.08. The van der Waals surface area contributed by atoms with Crippen LogP contribution in [0.1, 0.15) is 0 Å². The third-order valence-electron chi connectivity index (χ3n) is 8.96. The average Bonchev–Trinajstić information content (AvgIpc) is 3.26. The smallest absolute Gasteiger partial charge is 0.213 e. The molecule has 0 heterocycles. The van der Waals surface area contributed by atoms with E-state index < -0.39 is 9.84 Å². The average molecular weight is 835 g/mol. The van der Waals surface area contributed by atoms with Crippen LogP contribution in [0.25, 0.3) is 11.1 Å². The minimum Gasteiger partial charge on any atom is -0.506 e. The Balaban J connectivity index is 0.000000184. The molecule has 8 aromatic carbocycles. The second kappa shape index (κ2) is 18.1. The molecule has 0 saturated carbocycles. The quantitative estimate of drug-likeness (QED) is 0.0532. The van der Waals surface area contributed by atoms with Crippen molar-refractivity contribution in [1.29, 1.82) is 0 Å². The number of para-hydroxylation sites is 6. The predicted molar refractivity (Wildman–Crippen MR) is 232 cm³/mol. The van der Waals surface area contributed by atoms with Crippen molar-refractivity contribution in [3.8, 4) is 80.1 Å². The van der Waals surface area contributed by atoms with Gasteiger partial charge in [0.1, 0.15) is 55.8 Å². The summed E-state index contributed by atoms with van der Waals surface area (Å²) in [5.41, 5.74) is 13.8. The zero-order chi connectivity index (χ0) is 42.9. The van der Waals surface area contributed by atoms with E-state index in [1.54, 1.807) is 72.8 Å². The van der Waals surface area contributed by atoms with Crippen molar-refractivity contribution < 1.29 is 47.8 Å². The van der Waals surface area contributed by atoms with E-state index in [2.05, 4.69) is 0 Å². The number of benzene rings is 8. The second-order valence-electron chi connectivity index (χ2n) is 13.2. The molecule has 0 amide bonds. The highest BCUT2D eigenvalue weighted by molar-refractivity contribution is 7.91. The zero-order valence-corrected chi connectivity index (χ0v) is 32.9. The molecule has 306 valence electrons. The van der Waals surface area contributed by atoms with Crippen molar-refractivity contribution in [2.45, 2.75) is 9.79 Å². The van der Waals surface area contributed by atoms with E-state index in [0.29, 0.717) is 34.4 Å². The third-order valence-corrected chi connectivity index (χ3v) is 10.8. The Morgan fingerprint density at radius 1 is 0.344 bits per heavy atom. The summed E-state index contributed by atoms with van der Waals surface area (Å²) < 4.78 is 50.0. The van der Waals surface area contributed by atoms with Crippen LogP contribution in [0, 0.1) is 0 Å². The van der Waals surface area contributed by atoms with Crippen LogP contribution in [0.5, 0.6) is 69.0 Å². The maximum absolute atomic E-state index is 13.5. The highest BCUT2D eigenvalue weighted by atomic mass is 32.2. The van der Waals surface area contributed by atoms with Crippen LogP contribution in [0.4, 0.5) is 11.4 Å². The molecule has 0 unspecified atom stereocenters. The number of phenolic OH excluding ortho intramolecular Hbond substituents is 4. The number of hydrogen-bond donors (Lipinski definition) is 6. The standard InChI is InChI=1S/C24H20N2O4.C24H18O6S/c25-21-11-9-19(13-23(21)27)29-17-5-1-15(2-6-17)16-3-7-18(8-4-16)30-20-10-12-22(26)24(28)14-20;25-17-9-1-3-11-19(17)29-21-13-5-7-15-23(21)31(27,28)24-16-8-6-14-22(24)30-20-12-4-2-10-18(20)26/h1-14,27-28H,25-26H2;1-16,25-26H. The number of nitrogen functional groups attached to an aromatic ring is 2. The molecule has 8 rings (SSSR count). The van der Waals surface area contributed by atoms with Crippen LogP contribution >= 0.6 is 0 Å². The highest BCUT2D eigenvalue weighted by Gasteiger charge is 2.27. The lowest BCUT2D eigenvalue weighted by Crippen LogP contribution is -2.06. The number of nitrogens with two attached hydrogens (primary N) is 2. The van der Waals surface area contributed by atoms with Gasteiger partial charge in [-0.25, -0.2) is 8.42 Å². The number of hydrogen-bond acceptors (Lipinski definition) is 12. The van der Waals surface area contributed by atoms with Crippen LogP contribution in [0.15, 0.2) is 192 Å². The van der Waals surface area contributed by atoms with Gasteiger partial charge in [0.2, 0.25) is 9.84 Å². The third kappa shape index (κ3) is 9.88. The van der Waals surface area contributed by atoms with Crippen molar-refractivity contribution >= 4 is 21.2 Å². The maximum atomic E-state index is 13.5. The fourth-order valence-electron chi connectivity index (χ4n) is 5.83. The first-order chi connectivity index (χ1) is 29.4. The molecular weight excluding hydrogens is 797 g/mol. The largest absolute Gasteiger partial charge is 0.506 e. The molecule has 0 fully saturated rings. The van der Waals surface area contributed by atoms with E-state index >= 15 is 0 Å². The summed E-state index contributed by atoms with van der Waals surface area (Å²) in [4.78, 5) is -0.182. The Labute approximate surface area is 351 Å². The van der Waals surface area contributed by atoms with E-state index in [4.69, 9.17) is 30.4 Å². The van der Waals surface area contributed by atoms with Gasteiger partial charge in [0.15, 0.2) is 23.0 Å². The molecule has 8 aromatic rings. The van der Waals surface area contributed by atoms with Crippen LogP contribution in [-0.4, -0.2) is 28.8 Å². The number of rotatable bonds is 11. The summed E-state index contributed by atoms with van der Waals surface area (Å²) in [5.74, 6) is 2.42. The Kier molecular flexibility index (Phi) is 12.1. The molecule has 13 heteroatoms. The molecule has 0 aliphatic rings. The summed E-state index contributed by atoms with van der Waals surface area (Å²) in [7, 11) is -4.08. The van der Waals surface area contributed by atoms with Gasteiger partial charge in [-0.05, 0) is 108 Å². The van der Waals surface area contributed by atoms with E-state index in [0.717, 1.165) is 11.1 Å². The summed E-state index contributed by atoms with van der Waals surface area (Å²) >= 11 is 0. The molecular formula is C48H38N2O10S. The molecule has 0 aromatic heterocycles. The van der Waals surface area contributed by atoms with Crippen LogP contribution in [0.3, 0.4) is 0 Å². The van der Waals surface area contributed by atoms with Crippen LogP contribution < -0.4 is 30.4 Å². The lowest BCUT2D eigenvalue weighted by molar-refractivity contribution is 0.403. The predicted octanol–water partition coefficient (Wildman–Crippen LogP) is 11.0. The normalized spacial score (nSPS) is 10.8. The molecule has 0 bridgehead atoms. The van der Waals surface area contributed by atoms with Gasteiger partial charge in [-0.2, -0.15) is 0 Å². The van der Waals surface area contributed by atoms with Gasteiger partial charge in [0.25, 0.3) is 0 Å². The van der Waals surface area contributed by atoms with Crippen molar-refractivity contribution in [1.82, 2.24) is 0 Å². The van der Waals surface area contributed by atoms with Crippen LogP contribution in [-0.2, 0) is 9.84 Å². The summed E-state index contributed by atoms with van der Waals surface area (Å²) in [6.07, 6.45) is 0. The molecule has 0 spiro atoms. The van der Waals surface area contributed by atoms with Crippen molar-refractivity contribution in [2.24, 2.45) is 0 Å². The SMILES string of the molecule is Nc1ccc(Oc2ccc(-c3ccc(Oc4ccc(N)c(O)c4)cc3)cc2)cc1O.O=S(=O)(c1ccccc1Oc1ccccc1O)c1ccccc1Oc1ccccc1O. The Bertz CT molecular complexity index is 2710. The van der Waals surface area contributed by atoms with Gasteiger partial charge in [-0.1, -0.05) is 72.8 Å². The van der Waals surface area contributed by atoms with Crippen LogP contribution in [0.2, 0.25) is 0 Å². The molecule has 0 atom stereocenters. The summed E-state index contributed by atoms with van der Waals surface area (Å²) in [6, 6.07) is 49.6. The lowest BCUT2D eigenvalue weighted by atomic mass is 10.1. The highest BCUT2D eigenvalue weighted by Crippen LogP contribution is 2.40. The van der Waals surface area contributed by atoms with E-state index in [-0.39, 0.29) is 55.8 Å². The molecule has 12 nitrogen and oxygen atoms in total.